The lowest BCUT2D eigenvalue weighted by Crippen LogP contribution is -2.41. The van der Waals surface area contributed by atoms with Gasteiger partial charge in [0.2, 0.25) is 0 Å². The molecule has 2 rings (SSSR count). The zero-order valence-electron chi connectivity index (χ0n) is 14.5. The number of aliphatic imine (C=N–C) groups is 1. The summed E-state index contributed by atoms with van der Waals surface area (Å²) in [5.74, 6) is 0.239. The van der Waals surface area contributed by atoms with E-state index < -0.39 is 11.4 Å². The van der Waals surface area contributed by atoms with E-state index in [9.17, 15) is 9.90 Å². The van der Waals surface area contributed by atoms with Crippen LogP contribution in [0.2, 0.25) is 0 Å². The molecule has 0 bridgehead atoms. The number of nitrogens with zero attached hydrogens (tertiary/aromatic N) is 1. The minimum absolute atomic E-state index is 0.0233. The Morgan fingerprint density at radius 1 is 1.42 bits per heavy atom. The Balaban J connectivity index is 2.03. The predicted octanol–water partition coefficient (Wildman–Crippen LogP) is 2.01. The topological polar surface area (TPSA) is 111 Å². The summed E-state index contributed by atoms with van der Waals surface area (Å²) in [5.41, 5.74) is 11.6. The minimum atomic E-state index is -0.888. The van der Waals surface area contributed by atoms with Gasteiger partial charge in [0.05, 0.1) is 6.04 Å². The van der Waals surface area contributed by atoms with Crippen LogP contribution < -0.4 is 16.2 Å². The highest BCUT2D eigenvalue weighted by molar-refractivity contribution is 5.97. The molecule has 1 aliphatic rings. The van der Waals surface area contributed by atoms with Gasteiger partial charge in [0, 0.05) is 11.6 Å². The molecular weight excluding hydrogens is 306 g/mol. The average Bonchev–Trinajstić information content (AvgIpc) is 3.23. The lowest BCUT2D eigenvalue weighted by Gasteiger charge is -2.31. The standard InChI is InChI=1S/C18H27N3O3/c1-4-18(11(2)3,17(22)23)10-24-13-7-5-12(6-8-13)16(20)21-15-9-14(15)19/h5-8,11,14-15H,4,9-10,19H2,1-3H3,(H2,20,21)(H,22,23)/t14-,15-,18+/m0/s1. The summed E-state index contributed by atoms with van der Waals surface area (Å²) < 4.78 is 5.75. The summed E-state index contributed by atoms with van der Waals surface area (Å²) in [6.45, 7) is 5.82. The normalized spacial score (nSPS) is 23.0. The Morgan fingerprint density at radius 2 is 2.00 bits per heavy atom. The molecule has 24 heavy (non-hydrogen) atoms. The van der Waals surface area contributed by atoms with Gasteiger partial charge in [0.1, 0.15) is 23.6 Å². The monoisotopic (exact) mass is 333 g/mol. The number of carbonyl (C=O) groups is 1. The Morgan fingerprint density at radius 3 is 2.42 bits per heavy atom. The Kier molecular flexibility index (Phi) is 5.49. The van der Waals surface area contributed by atoms with Crippen molar-refractivity contribution >= 4 is 11.8 Å². The fourth-order valence-electron chi connectivity index (χ4n) is 2.67. The second kappa shape index (κ2) is 7.21. The quantitative estimate of drug-likeness (QED) is 0.498. The molecule has 0 heterocycles. The zero-order valence-corrected chi connectivity index (χ0v) is 14.5. The lowest BCUT2D eigenvalue weighted by molar-refractivity contribution is -0.154. The number of hydrogen-bond donors (Lipinski definition) is 3. The summed E-state index contributed by atoms with van der Waals surface area (Å²) in [6.07, 6.45) is 1.39. The summed E-state index contributed by atoms with van der Waals surface area (Å²) >= 11 is 0. The van der Waals surface area contributed by atoms with Crippen LogP contribution in [-0.2, 0) is 4.79 Å². The molecular formula is C18H27N3O3. The van der Waals surface area contributed by atoms with E-state index in [4.69, 9.17) is 16.2 Å². The van der Waals surface area contributed by atoms with E-state index in [1.807, 2.05) is 32.9 Å². The highest BCUT2D eigenvalue weighted by atomic mass is 16.5. The maximum atomic E-state index is 11.7. The van der Waals surface area contributed by atoms with Gasteiger partial charge < -0.3 is 21.3 Å². The molecule has 1 aromatic rings. The van der Waals surface area contributed by atoms with Crippen LogP contribution in [0.1, 0.15) is 39.2 Å². The van der Waals surface area contributed by atoms with E-state index >= 15 is 0 Å². The van der Waals surface area contributed by atoms with Gasteiger partial charge in [-0.3, -0.25) is 9.79 Å². The molecule has 0 saturated heterocycles. The van der Waals surface area contributed by atoms with E-state index in [0.717, 1.165) is 12.0 Å². The number of carboxylic acids is 1. The molecule has 0 radical (unpaired) electrons. The van der Waals surface area contributed by atoms with Crippen molar-refractivity contribution < 1.29 is 14.6 Å². The number of hydrogen-bond acceptors (Lipinski definition) is 4. The molecule has 6 heteroatoms. The summed E-state index contributed by atoms with van der Waals surface area (Å²) in [7, 11) is 0. The highest BCUT2D eigenvalue weighted by Gasteiger charge is 2.41. The second-order valence-electron chi connectivity index (χ2n) is 6.76. The fraction of sp³-hybridized carbons (Fsp3) is 0.556. The molecule has 1 aliphatic carbocycles. The molecule has 0 aliphatic heterocycles. The van der Waals surface area contributed by atoms with Crippen LogP contribution in [0, 0.1) is 11.3 Å². The van der Waals surface area contributed by atoms with Gasteiger partial charge in [-0.1, -0.05) is 20.8 Å². The molecule has 6 nitrogen and oxygen atoms in total. The number of ether oxygens (including phenoxy) is 1. The van der Waals surface area contributed by atoms with Gasteiger partial charge in [0.15, 0.2) is 0 Å². The van der Waals surface area contributed by atoms with Gasteiger partial charge in [-0.05, 0) is 43.0 Å². The zero-order chi connectivity index (χ0) is 17.9. The van der Waals surface area contributed by atoms with E-state index in [-0.39, 0.29) is 24.6 Å². The molecule has 1 fully saturated rings. The van der Waals surface area contributed by atoms with Crippen LogP contribution in [-0.4, -0.2) is 35.6 Å². The number of nitrogens with two attached hydrogens (primary N) is 2. The average molecular weight is 333 g/mol. The van der Waals surface area contributed by atoms with Gasteiger partial charge >= 0.3 is 5.97 Å². The highest BCUT2D eigenvalue weighted by Crippen LogP contribution is 2.33. The number of rotatable bonds is 8. The second-order valence-corrected chi connectivity index (χ2v) is 6.76. The predicted molar refractivity (Wildman–Crippen MR) is 94.2 cm³/mol. The summed E-state index contributed by atoms with van der Waals surface area (Å²) in [5, 5.41) is 9.58. The van der Waals surface area contributed by atoms with Crippen LogP contribution in [0.4, 0.5) is 0 Å². The molecule has 0 spiro atoms. The van der Waals surface area contributed by atoms with Crippen molar-refractivity contribution in [2.75, 3.05) is 6.61 Å². The summed E-state index contributed by atoms with van der Waals surface area (Å²) in [6, 6.07) is 7.48. The van der Waals surface area contributed by atoms with Gasteiger partial charge in [-0.15, -0.1) is 0 Å². The molecule has 0 amide bonds. The van der Waals surface area contributed by atoms with Gasteiger partial charge in [-0.2, -0.15) is 0 Å². The van der Waals surface area contributed by atoms with Crippen molar-refractivity contribution in [1.29, 1.82) is 0 Å². The van der Waals surface area contributed by atoms with Gasteiger partial charge in [-0.25, -0.2) is 0 Å². The first-order valence-electron chi connectivity index (χ1n) is 8.35. The SMILES string of the molecule is CC[C@](COc1ccc(C(N)=N[C@H]2C[C@@H]2N)cc1)(C(=O)O)C(C)C. The molecule has 0 aromatic heterocycles. The van der Waals surface area contributed by atoms with E-state index in [0.29, 0.717) is 18.0 Å². The van der Waals surface area contributed by atoms with Crippen LogP contribution in [0.5, 0.6) is 5.75 Å². The van der Waals surface area contributed by atoms with Gasteiger partial charge in [0.25, 0.3) is 0 Å². The van der Waals surface area contributed by atoms with Crippen molar-refractivity contribution in [3.63, 3.8) is 0 Å². The van der Waals surface area contributed by atoms with Crippen LogP contribution in [0.3, 0.4) is 0 Å². The van der Waals surface area contributed by atoms with E-state index in [2.05, 4.69) is 4.99 Å². The number of amidine groups is 1. The number of benzene rings is 1. The molecule has 0 unspecified atom stereocenters. The molecule has 1 saturated carbocycles. The Bertz CT molecular complexity index is 612. The largest absolute Gasteiger partial charge is 0.492 e. The third-order valence-electron chi connectivity index (χ3n) is 4.92. The third-order valence-corrected chi connectivity index (χ3v) is 4.92. The third kappa shape index (κ3) is 3.87. The lowest BCUT2D eigenvalue weighted by atomic mass is 9.75. The van der Waals surface area contributed by atoms with E-state index in [1.54, 1.807) is 12.1 Å². The molecule has 132 valence electrons. The van der Waals surface area contributed by atoms with Crippen molar-refractivity contribution in [3.8, 4) is 5.75 Å². The fourth-order valence-corrected chi connectivity index (χ4v) is 2.67. The maximum Gasteiger partial charge on any atom is 0.313 e. The molecule has 1 aromatic carbocycles. The first-order valence-corrected chi connectivity index (χ1v) is 8.35. The molecule has 3 atom stereocenters. The van der Waals surface area contributed by atoms with Crippen molar-refractivity contribution in [2.24, 2.45) is 27.8 Å². The number of carboxylic acid groups (broad SMARTS) is 1. The van der Waals surface area contributed by atoms with E-state index in [1.165, 1.54) is 0 Å². The van der Waals surface area contributed by atoms with Crippen molar-refractivity contribution in [1.82, 2.24) is 0 Å². The summed E-state index contributed by atoms with van der Waals surface area (Å²) in [4.78, 5) is 16.0. The first-order chi connectivity index (χ1) is 11.3. The smallest absolute Gasteiger partial charge is 0.313 e. The maximum absolute atomic E-state index is 11.7. The number of aliphatic carboxylic acids is 1. The van der Waals surface area contributed by atoms with Crippen LogP contribution in [0.25, 0.3) is 0 Å². The Labute approximate surface area is 142 Å². The van der Waals surface area contributed by atoms with Crippen molar-refractivity contribution in [3.05, 3.63) is 29.8 Å². The van der Waals surface area contributed by atoms with Crippen LogP contribution in [0.15, 0.2) is 29.3 Å². The van der Waals surface area contributed by atoms with Crippen molar-refractivity contribution in [2.45, 2.75) is 45.7 Å². The van der Waals surface area contributed by atoms with Crippen LogP contribution >= 0.6 is 0 Å². The minimum Gasteiger partial charge on any atom is -0.492 e. The Hall–Kier alpha value is -2.08. The molecule has 5 N–H and O–H groups in total. The first kappa shape index (κ1) is 18.3.